The highest BCUT2D eigenvalue weighted by Crippen LogP contribution is 1.95. The minimum absolute atomic E-state index is 0.0463. The van der Waals surface area contributed by atoms with Crippen molar-refractivity contribution in [3.63, 3.8) is 0 Å². The molecule has 0 radical (unpaired) electrons. The lowest BCUT2D eigenvalue weighted by Crippen LogP contribution is -2.39. The van der Waals surface area contributed by atoms with E-state index in [1.54, 1.807) is 0 Å². The van der Waals surface area contributed by atoms with E-state index in [4.69, 9.17) is 11.5 Å². The van der Waals surface area contributed by atoms with Crippen molar-refractivity contribution in [2.75, 3.05) is 0 Å². The van der Waals surface area contributed by atoms with Crippen LogP contribution in [0.4, 0.5) is 0 Å². The lowest BCUT2D eigenvalue weighted by atomic mass is 10.3. The van der Waals surface area contributed by atoms with Crippen molar-refractivity contribution < 1.29 is 9.21 Å². The van der Waals surface area contributed by atoms with Gasteiger partial charge in [-0.15, -0.1) is 0 Å². The lowest BCUT2D eigenvalue weighted by molar-refractivity contribution is 0.0929. The molecule has 1 heterocycles. The average Bonchev–Trinajstić information content (AvgIpc) is 2.36. The molecule has 0 atom stereocenters. The highest BCUT2D eigenvalue weighted by Gasteiger charge is 2.14. The molecule has 0 aliphatic carbocycles. The fourth-order valence-corrected chi connectivity index (χ4v) is 0.488. The third-order valence-electron chi connectivity index (χ3n) is 0.946. The Labute approximate surface area is 57.0 Å². The largest absolute Gasteiger partial charge is 0.442 e. The SMILES string of the molecule is NC(N)C(=O)c1ncco1. The van der Waals surface area contributed by atoms with Gasteiger partial charge in [0.2, 0.25) is 5.78 Å². The summed E-state index contributed by atoms with van der Waals surface area (Å²) in [5.41, 5.74) is 10.1. The van der Waals surface area contributed by atoms with Gasteiger partial charge in [-0.2, -0.15) is 0 Å². The van der Waals surface area contributed by atoms with Gasteiger partial charge in [0.15, 0.2) is 0 Å². The molecule has 1 aromatic heterocycles. The van der Waals surface area contributed by atoms with Crippen LogP contribution in [-0.4, -0.2) is 16.9 Å². The summed E-state index contributed by atoms with van der Waals surface area (Å²) in [6.45, 7) is 0. The van der Waals surface area contributed by atoms with Gasteiger partial charge in [-0.05, 0) is 0 Å². The van der Waals surface area contributed by atoms with E-state index in [0.29, 0.717) is 0 Å². The van der Waals surface area contributed by atoms with Crippen LogP contribution in [-0.2, 0) is 0 Å². The zero-order valence-electron chi connectivity index (χ0n) is 5.15. The minimum atomic E-state index is -1.04. The van der Waals surface area contributed by atoms with E-state index < -0.39 is 11.9 Å². The molecule has 54 valence electrons. The van der Waals surface area contributed by atoms with Gasteiger partial charge in [-0.3, -0.25) is 4.79 Å². The summed E-state index contributed by atoms with van der Waals surface area (Å²) in [5, 5.41) is 0. The van der Waals surface area contributed by atoms with E-state index >= 15 is 0 Å². The average molecular weight is 141 g/mol. The quantitative estimate of drug-likeness (QED) is 0.411. The molecule has 0 saturated carbocycles. The van der Waals surface area contributed by atoms with Crippen LogP contribution < -0.4 is 11.5 Å². The van der Waals surface area contributed by atoms with Crippen LogP contribution >= 0.6 is 0 Å². The predicted molar refractivity (Wildman–Crippen MR) is 33.0 cm³/mol. The Bertz CT molecular complexity index is 217. The minimum Gasteiger partial charge on any atom is -0.442 e. The summed E-state index contributed by atoms with van der Waals surface area (Å²) in [4.78, 5) is 14.4. The predicted octanol–water partition coefficient (Wildman–Crippen LogP) is -0.899. The Morgan fingerprint density at radius 3 is 2.80 bits per heavy atom. The van der Waals surface area contributed by atoms with E-state index in [0.717, 1.165) is 0 Å². The standard InChI is InChI=1S/C5H7N3O2/c6-4(7)3(9)5-8-1-2-10-5/h1-2,4H,6-7H2. The summed E-state index contributed by atoms with van der Waals surface area (Å²) in [7, 11) is 0. The van der Waals surface area contributed by atoms with Gasteiger partial charge < -0.3 is 15.9 Å². The first-order valence-corrected chi connectivity index (χ1v) is 2.66. The molecule has 1 aromatic rings. The Morgan fingerprint density at radius 2 is 2.40 bits per heavy atom. The van der Waals surface area contributed by atoms with E-state index in [9.17, 15) is 4.79 Å². The molecule has 5 nitrogen and oxygen atoms in total. The highest BCUT2D eigenvalue weighted by atomic mass is 16.3. The van der Waals surface area contributed by atoms with Crippen molar-refractivity contribution in [3.05, 3.63) is 18.4 Å². The third kappa shape index (κ3) is 1.20. The maximum Gasteiger partial charge on any atom is 0.266 e. The molecular formula is C5H7N3O2. The first-order valence-electron chi connectivity index (χ1n) is 2.66. The fourth-order valence-electron chi connectivity index (χ4n) is 0.488. The molecule has 0 aliphatic heterocycles. The van der Waals surface area contributed by atoms with Crippen molar-refractivity contribution in [3.8, 4) is 0 Å². The maximum absolute atomic E-state index is 10.8. The number of oxazole rings is 1. The summed E-state index contributed by atoms with van der Waals surface area (Å²) in [5.74, 6) is -0.542. The van der Waals surface area contributed by atoms with Gasteiger partial charge in [0.1, 0.15) is 12.4 Å². The first kappa shape index (κ1) is 6.91. The third-order valence-corrected chi connectivity index (χ3v) is 0.946. The van der Waals surface area contributed by atoms with Crippen LogP contribution in [0, 0.1) is 0 Å². The molecule has 0 saturated heterocycles. The van der Waals surface area contributed by atoms with E-state index in [1.807, 2.05) is 0 Å². The van der Waals surface area contributed by atoms with Gasteiger partial charge in [-0.25, -0.2) is 4.98 Å². The second-order valence-electron chi connectivity index (χ2n) is 1.73. The fraction of sp³-hybridized carbons (Fsp3) is 0.200. The number of carbonyl (C=O) groups excluding carboxylic acids is 1. The van der Waals surface area contributed by atoms with Crippen LogP contribution in [0.1, 0.15) is 10.7 Å². The topological polar surface area (TPSA) is 95.1 Å². The highest BCUT2D eigenvalue weighted by molar-refractivity contribution is 5.95. The summed E-state index contributed by atoms with van der Waals surface area (Å²) < 4.78 is 4.64. The van der Waals surface area contributed by atoms with Crippen LogP contribution in [0.5, 0.6) is 0 Å². The van der Waals surface area contributed by atoms with Crippen LogP contribution in [0.25, 0.3) is 0 Å². The zero-order valence-corrected chi connectivity index (χ0v) is 5.15. The Kier molecular flexibility index (Phi) is 1.79. The molecular weight excluding hydrogens is 134 g/mol. The summed E-state index contributed by atoms with van der Waals surface area (Å²) in [6, 6.07) is 0. The molecule has 5 heteroatoms. The smallest absolute Gasteiger partial charge is 0.266 e. The number of aromatic nitrogens is 1. The van der Waals surface area contributed by atoms with Crippen LogP contribution in [0.3, 0.4) is 0 Å². The molecule has 0 aromatic carbocycles. The van der Waals surface area contributed by atoms with Crippen molar-refractivity contribution >= 4 is 5.78 Å². The van der Waals surface area contributed by atoms with E-state index in [2.05, 4.69) is 9.40 Å². The van der Waals surface area contributed by atoms with Gasteiger partial charge in [0, 0.05) is 0 Å². The molecule has 0 amide bonds. The molecule has 10 heavy (non-hydrogen) atoms. The Hall–Kier alpha value is -1.20. The normalized spacial score (nSPS) is 10.3. The number of hydrogen-bond donors (Lipinski definition) is 2. The van der Waals surface area contributed by atoms with Crippen molar-refractivity contribution in [1.29, 1.82) is 0 Å². The van der Waals surface area contributed by atoms with Crippen molar-refractivity contribution in [1.82, 2.24) is 4.98 Å². The molecule has 4 N–H and O–H groups in total. The Balaban J connectivity index is 2.78. The lowest BCUT2D eigenvalue weighted by Gasteiger charge is -1.97. The number of carbonyl (C=O) groups is 1. The maximum atomic E-state index is 10.8. The zero-order chi connectivity index (χ0) is 7.56. The molecule has 0 fully saturated rings. The number of hydrogen-bond acceptors (Lipinski definition) is 5. The molecule has 1 rings (SSSR count). The van der Waals surface area contributed by atoms with E-state index in [1.165, 1.54) is 12.5 Å². The molecule has 0 bridgehead atoms. The Morgan fingerprint density at radius 1 is 1.70 bits per heavy atom. The molecule has 0 aliphatic rings. The van der Waals surface area contributed by atoms with Crippen LogP contribution in [0.15, 0.2) is 16.9 Å². The molecule has 0 spiro atoms. The van der Waals surface area contributed by atoms with Gasteiger partial charge in [0.25, 0.3) is 5.89 Å². The van der Waals surface area contributed by atoms with Crippen LogP contribution in [0.2, 0.25) is 0 Å². The van der Waals surface area contributed by atoms with Crippen molar-refractivity contribution in [2.24, 2.45) is 11.5 Å². The van der Waals surface area contributed by atoms with Gasteiger partial charge in [-0.1, -0.05) is 0 Å². The van der Waals surface area contributed by atoms with Gasteiger partial charge in [0.05, 0.1) is 6.20 Å². The second-order valence-corrected chi connectivity index (χ2v) is 1.73. The molecule has 0 unspecified atom stereocenters. The number of rotatable bonds is 2. The summed E-state index contributed by atoms with van der Waals surface area (Å²) >= 11 is 0. The first-order chi connectivity index (χ1) is 4.72. The number of nitrogens with zero attached hydrogens (tertiary/aromatic N) is 1. The number of ketones is 1. The van der Waals surface area contributed by atoms with Crippen molar-refractivity contribution in [2.45, 2.75) is 6.17 Å². The monoisotopic (exact) mass is 141 g/mol. The summed E-state index contributed by atoms with van der Waals surface area (Å²) in [6.07, 6.45) is 1.60. The second kappa shape index (κ2) is 2.59. The number of Topliss-reactive ketones (excluding diaryl/α,β-unsaturated/α-hetero) is 1. The number of nitrogens with two attached hydrogens (primary N) is 2. The van der Waals surface area contributed by atoms with E-state index in [-0.39, 0.29) is 5.89 Å². The van der Waals surface area contributed by atoms with Gasteiger partial charge >= 0.3 is 0 Å².